The van der Waals surface area contributed by atoms with Gasteiger partial charge in [0.2, 0.25) is 0 Å². The lowest BCUT2D eigenvalue weighted by Gasteiger charge is -2.27. The van der Waals surface area contributed by atoms with E-state index in [2.05, 4.69) is 61.6 Å². The minimum atomic E-state index is 0.271. The van der Waals surface area contributed by atoms with Crippen LogP contribution in [0.2, 0.25) is 0 Å². The van der Waals surface area contributed by atoms with Crippen LogP contribution < -0.4 is 5.32 Å². The maximum absolute atomic E-state index is 5.11. The number of nitrogens with zero attached hydrogens (tertiary/aromatic N) is 1. The third kappa shape index (κ3) is 4.49. The highest BCUT2D eigenvalue weighted by molar-refractivity contribution is 5.19. The second-order valence-electron chi connectivity index (χ2n) is 6.54. The molecule has 0 saturated carbocycles. The maximum atomic E-state index is 5.11. The fourth-order valence-electron chi connectivity index (χ4n) is 2.33. The molecule has 0 radical (unpaired) electrons. The van der Waals surface area contributed by atoms with Crippen molar-refractivity contribution in [3.05, 3.63) is 53.4 Å². The van der Waals surface area contributed by atoms with E-state index in [0.717, 1.165) is 24.4 Å². The van der Waals surface area contributed by atoms with Crippen molar-refractivity contribution >= 4 is 0 Å². The first-order chi connectivity index (χ1) is 9.44. The summed E-state index contributed by atoms with van der Waals surface area (Å²) in [5.74, 6) is 0.855. The first-order valence-electron chi connectivity index (χ1n) is 7.14. The Morgan fingerprint density at radius 1 is 1.20 bits per heavy atom. The van der Waals surface area contributed by atoms with Crippen LogP contribution in [0, 0.1) is 12.3 Å². The highest BCUT2D eigenvalue weighted by Gasteiger charge is 2.20. The highest BCUT2D eigenvalue weighted by atomic mass is 16.5. The molecule has 1 atom stereocenters. The van der Waals surface area contributed by atoms with Crippen molar-refractivity contribution in [3.63, 3.8) is 0 Å². The zero-order valence-corrected chi connectivity index (χ0v) is 12.8. The average molecular weight is 272 g/mol. The predicted molar refractivity (Wildman–Crippen MR) is 81.3 cm³/mol. The van der Waals surface area contributed by atoms with E-state index in [1.165, 1.54) is 5.56 Å². The number of nitrogens with one attached hydrogen (secondary N) is 1. The van der Waals surface area contributed by atoms with E-state index < -0.39 is 0 Å². The molecule has 20 heavy (non-hydrogen) atoms. The first kappa shape index (κ1) is 14.8. The van der Waals surface area contributed by atoms with Crippen molar-refractivity contribution in [2.24, 2.45) is 5.41 Å². The third-order valence-electron chi connectivity index (χ3n) is 3.22. The molecule has 1 aromatic carbocycles. The molecule has 0 amide bonds. The van der Waals surface area contributed by atoms with Crippen LogP contribution in [0.1, 0.15) is 50.3 Å². The number of hydrogen-bond acceptors (Lipinski definition) is 3. The van der Waals surface area contributed by atoms with Gasteiger partial charge in [0, 0.05) is 18.7 Å². The molecular weight excluding hydrogens is 248 g/mol. The molecule has 3 nitrogen and oxygen atoms in total. The van der Waals surface area contributed by atoms with E-state index in [1.807, 2.05) is 13.0 Å². The van der Waals surface area contributed by atoms with Crippen LogP contribution in [-0.2, 0) is 6.54 Å². The van der Waals surface area contributed by atoms with Gasteiger partial charge in [0.15, 0.2) is 0 Å². The molecule has 1 aromatic heterocycles. The Morgan fingerprint density at radius 2 is 1.90 bits per heavy atom. The van der Waals surface area contributed by atoms with Crippen LogP contribution in [0.25, 0.3) is 0 Å². The highest BCUT2D eigenvalue weighted by Crippen LogP contribution is 2.29. The second kappa shape index (κ2) is 6.23. The van der Waals surface area contributed by atoms with Crippen molar-refractivity contribution in [1.82, 2.24) is 10.5 Å². The lowest BCUT2D eigenvalue weighted by Crippen LogP contribution is -2.25. The summed E-state index contributed by atoms with van der Waals surface area (Å²) in [6.45, 7) is 9.45. The Balaban J connectivity index is 2.07. The minimum Gasteiger partial charge on any atom is -0.361 e. The lowest BCUT2D eigenvalue weighted by molar-refractivity contribution is 0.307. The smallest absolute Gasteiger partial charge is 0.133 e. The van der Waals surface area contributed by atoms with E-state index in [4.69, 9.17) is 4.52 Å². The normalized spacial score (nSPS) is 13.4. The van der Waals surface area contributed by atoms with Crippen LogP contribution >= 0.6 is 0 Å². The summed E-state index contributed by atoms with van der Waals surface area (Å²) in [4.78, 5) is 0. The molecule has 0 aliphatic rings. The molecule has 1 N–H and O–H groups in total. The number of aromatic nitrogens is 1. The second-order valence-corrected chi connectivity index (χ2v) is 6.54. The zero-order chi connectivity index (χ0) is 14.6. The molecule has 0 spiro atoms. The molecule has 108 valence electrons. The van der Waals surface area contributed by atoms with Crippen molar-refractivity contribution in [3.8, 4) is 0 Å². The van der Waals surface area contributed by atoms with Gasteiger partial charge in [0.05, 0.1) is 5.69 Å². The van der Waals surface area contributed by atoms with Gasteiger partial charge in [-0.05, 0) is 24.3 Å². The molecule has 0 saturated heterocycles. The van der Waals surface area contributed by atoms with E-state index in [1.54, 1.807) is 0 Å². The predicted octanol–water partition coefficient (Wildman–Crippen LogP) is 4.25. The van der Waals surface area contributed by atoms with Gasteiger partial charge in [-0.1, -0.05) is 56.3 Å². The number of benzene rings is 1. The molecule has 0 bridgehead atoms. The van der Waals surface area contributed by atoms with Crippen LogP contribution in [0.15, 0.2) is 40.9 Å². The van der Waals surface area contributed by atoms with Crippen LogP contribution in [0.4, 0.5) is 0 Å². The monoisotopic (exact) mass is 272 g/mol. The molecule has 0 fully saturated rings. The first-order valence-corrected chi connectivity index (χ1v) is 7.14. The Kier molecular flexibility index (Phi) is 4.61. The molecule has 0 aliphatic heterocycles. The van der Waals surface area contributed by atoms with E-state index in [-0.39, 0.29) is 5.41 Å². The van der Waals surface area contributed by atoms with Crippen molar-refractivity contribution in [1.29, 1.82) is 0 Å². The van der Waals surface area contributed by atoms with Gasteiger partial charge in [-0.15, -0.1) is 0 Å². The van der Waals surface area contributed by atoms with Crippen LogP contribution in [-0.4, -0.2) is 5.16 Å². The topological polar surface area (TPSA) is 38.1 Å². The minimum absolute atomic E-state index is 0.271. The summed E-state index contributed by atoms with van der Waals surface area (Å²) in [5.41, 5.74) is 2.55. The molecule has 1 heterocycles. The molecule has 2 rings (SSSR count). The Bertz CT molecular complexity index is 525. The van der Waals surface area contributed by atoms with Gasteiger partial charge in [-0.3, -0.25) is 0 Å². The Hall–Kier alpha value is -1.61. The lowest BCUT2D eigenvalue weighted by atomic mass is 9.85. The average Bonchev–Trinajstić information content (AvgIpc) is 2.80. The van der Waals surface area contributed by atoms with Crippen LogP contribution in [0.3, 0.4) is 0 Å². The van der Waals surface area contributed by atoms with E-state index in [9.17, 15) is 0 Å². The van der Waals surface area contributed by atoms with Crippen molar-refractivity contribution < 1.29 is 4.52 Å². The fraction of sp³-hybridized carbons (Fsp3) is 0.471. The Labute approximate surface area is 121 Å². The standard InChI is InChI=1S/C17H24N2O/c1-13-10-15(19-20-13)12-18-16(11-17(2,3)4)14-8-6-5-7-9-14/h5-10,16,18H,11-12H2,1-4H3. The SMILES string of the molecule is Cc1cc(CNC(CC(C)(C)C)c2ccccc2)no1. The van der Waals surface area contributed by atoms with Gasteiger partial charge in [-0.2, -0.15) is 0 Å². The summed E-state index contributed by atoms with van der Waals surface area (Å²) < 4.78 is 5.11. The third-order valence-corrected chi connectivity index (χ3v) is 3.22. The molecule has 3 heteroatoms. The van der Waals surface area contributed by atoms with Crippen LogP contribution in [0.5, 0.6) is 0 Å². The summed E-state index contributed by atoms with van der Waals surface area (Å²) in [7, 11) is 0. The zero-order valence-electron chi connectivity index (χ0n) is 12.8. The molecule has 1 unspecified atom stereocenters. The molecule has 0 aliphatic carbocycles. The molecular formula is C17H24N2O. The quantitative estimate of drug-likeness (QED) is 0.884. The number of rotatable bonds is 5. The summed E-state index contributed by atoms with van der Waals surface area (Å²) in [6, 6.07) is 12.9. The number of aryl methyl sites for hydroxylation is 1. The van der Waals surface area contributed by atoms with E-state index in [0.29, 0.717) is 6.04 Å². The van der Waals surface area contributed by atoms with Gasteiger partial charge in [0.1, 0.15) is 5.76 Å². The fourth-order valence-corrected chi connectivity index (χ4v) is 2.33. The largest absolute Gasteiger partial charge is 0.361 e. The van der Waals surface area contributed by atoms with Gasteiger partial charge in [-0.25, -0.2) is 0 Å². The van der Waals surface area contributed by atoms with Gasteiger partial charge >= 0.3 is 0 Å². The Morgan fingerprint density at radius 3 is 2.45 bits per heavy atom. The molecule has 2 aromatic rings. The van der Waals surface area contributed by atoms with Gasteiger partial charge in [0.25, 0.3) is 0 Å². The summed E-state index contributed by atoms with van der Waals surface area (Å²) in [6.07, 6.45) is 1.08. The van der Waals surface area contributed by atoms with Gasteiger partial charge < -0.3 is 9.84 Å². The maximum Gasteiger partial charge on any atom is 0.133 e. The number of hydrogen-bond donors (Lipinski definition) is 1. The summed E-state index contributed by atoms with van der Waals surface area (Å²) >= 11 is 0. The van der Waals surface area contributed by atoms with E-state index >= 15 is 0 Å². The van der Waals surface area contributed by atoms with Crippen molar-refractivity contribution in [2.75, 3.05) is 0 Å². The van der Waals surface area contributed by atoms with Crippen molar-refractivity contribution in [2.45, 2.75) is 46.7 Å². The summed E-state index contributed by atoms with van der Waals surface area (Å²) in [5, 5.41) is 7.64.